The van der Waals surface area contributed by atoms with Gasteiger partial charge in [-0.05, 0) is 72.4 Å². The summed E-state index contributed by atoms with van der Waals surface area (Å²) in [5.41, 5.74) is 7.50. The van der Waals surface area contributed by atoms with Crippen LogP contribution in [0.1, 0.15) is 37.5 Å². The second kappa shape index (κ2) is 7.35. The molecule has 0 fully saturated rings. The first-order valence-electron chi connectivity index (χ1n) is 8.65. The molecule has 0 aliphatic heterocycles. The van der Waals surface area contributed by atoms with Crippen molar-refractivity contribution in [2.24, 2.45) is 0 Å². The summed E-state index contributed by atoms with van der Waals surface area (Å²) in [7, 11) is 0. The van der Waals surface area contributed by atoms with Crippen LogP contribution in [-0.4, -0.2) is 15.0 Å². The molecule has 0 unspecified atom stereocenters. The van der Waals surface area contributed by atoms with Gasteiger partial charge in [-0.1, -0.05) is 20.8 Å². The maximum atomic E-state index is 4.85. The lowest BCUT2D eigenvalue weighted by molar-refractivity contribution is 1.09. The minimum atomic E-state index is 0.920. The molecule has 0 amide bonds. The molecule has 3 nitrogen and oxygen atoms in total. The number of hydrogen-bond acceptors (Lipinski definition) is 3. The second-order valence-electron chi connectivity index (χ2n) is 5.91. The molecule has 0 saturated carbocycles. The molecular weight excluding hydrogens is 294 g/mol. The van der Waals surface area contributed by atoms with Crippen LogP contribution >= 0.6 is 0 Å². The van der Waals surface area contributed by atoms with E-state index in [4.69, 9.17) is 4.98 Å². The minimum absolute atomic E-state index is 0.920. The summed E-state index contributed by atoms with van der Waals surface area (Å²) in [4.78, 5) is 13.9. The molecule has 0 aliphatic carbocycles. The van der Waals surface area contributed by atoms with Crippen LogP contribution in [0.2, 0.25) is 0 Å². The van der Waals surface area contributed by atoms with Crippen LogP contribution in [0.4, 0.5) is 0 Å². The monoisotopic (exact) mass is 317 g/mol. The Hall–Kier alpha value is -2.55. The van der Waals surface area contributed by atoms with Crippen molar-refractivity contribution in [1.29, 1.82) is 0 Å². The van der Waals surface area contributed by atoms with Crippen molar-refractivity contribution in [2.75, 3.05) is 0 Å². The summed E-state index contributed by atoms with van der Waals surface area (Å²) < 4.78 is 0. The summed E-state index contributed by atoms with van der Waals surface area (Å²) in [5, 5.41) is 0. The van der Waals surface area contributed by atoms with Crippen LogP contribution in [0.25, 0.3) is 22.8 Å². The van der Waals surface area contributed by atoms with Crippen molar-refractivity contribution in [1.82, 2.24) is 15.0 Å². The Balaban J connectivity index is 2.11. The molecule has 0 bridgehead atoms. The third-order valence-corrected chi connectivity index (χ3v) is 4.28. The van der Waals surface area contributed by atoms with E-state index in [9.17, 15) is 0 Å². The van der Waals surface area contributed by atoms with Crippen LogP contribution in [0.15, 0.2) is 48.8 Å². The lowest BCUT2D eigenvalue weighted by Gasteiger charge is -2.09. The predicted molar refractivity (Wildman–Crippen MR) is 98.8 cm³/mol. The molecule has 24 heavy (non-hydrogen) atoms. The van der Waals surface area contributed by atoms with Gasteiger partial charge in [0.15, 0.2) is 0 Å². The van der Waals surface area contributed by atoms with Crippen molar-refractivity contribution in [3.05, 3.63) is 65.5 Å². The van der Waals surface area contributed by atoms with E-state index >= 15 is 0 Å². The van der Waals surface area contributed by atoms with Gasteiger partial charge in [0.05, 0.1) is 22.8 Å². The topological polar surface area (TPSA) is 38.7 Å². The first kappa shape index (κ1) is 16.3. The highest BCUT2D eigenvalue weighted by Gasteiger charge is 2.09. The maximum absolute atomic E-state index is 4.85. The average Bonchev–Trinajstić information content (AvgIpc) is 2.67. The molecule has 0 aromatic carbocycles. The zero-order chi connectivity index (χ0) is 16.9. The van der Waals surface area contributed by atoms with Gasteiger partial charge in [0, 0.05) is 12.4 Å². The van der Waals surface area contributed by atoms with E-state index in [2.05, 4.69) is 67.1 Å². The predicted octanol–water partition coefficient (Wildman–Crippen LogP) is 4.89. The average molecular weight is 317 g/mol. The zero-order valence-electron chi connectivity index (χ0n) is 14.6. The molecule has 0 spiro atoms. The molecule has 122 valence electrons. The van der Waals surface area contributed by atoms with Crippen LogP contribution < -0.4 is 0 Å². The molecule has 3 aromatic heterocycles. The number of aromatic nitrogens is 3. The number of rotatable bonds is 5. The molecule has 3 aromatic rings. The van der Waals surface area contributed by atoms with Crippen LogP contribution in [0.5, 0.6) is 0 Å². The third kappa shape index (κ3) is 3.51. The SMILES string of the molecule is CCc1ccnc(-c2cc(CC)cc(-c3cc(CC)ccn3)n2)c1. The fourth-order valence-electron chi connectivity index (χ4n) is 2.72. The number of aryl methyl sites for hydroxylation is 3. The largest absolute Gasteiger partial charge is 0.255 e. The lowest BCUT2D eigenvalue weighted by atomic mass is 10.1. The third-order valence-electron chi connectivity index (χ3n) is 4.28. The second-order valence-corrected chi connectivity index (χ2v) is 5.91. The molecule has 0 aliphatic rings. The van der Waals surface area contributed by atoms with E-state index in [1.54, 1.807) is 0 Å². The Morgan fingerprint density at radius 1 is 0.583 bits per heavy atom. The van der Waals surface area contributed by atoms with Crippen LogP contribution in [-0.2, 0) is 19.3 Å². The molecule has 3 heteroatoms. The first-order valence-corrected chi connectivity index (χ1v) is 8.65. The molecule has 3 rings (SSSR count). The molecule has 0 atom stereocenters. The van der Waals surface area contributed by atoms with E-state index in [0.717, 1.165) is 42.0 Å². The standard InChI is InChI=1S/C21H23N3/c1-4-15-7-9-22-18(11-15)20-13-17(6-3)14-21(24-20)19-12-16(5-2)8-10-23-19/h7-14H,4-6H2,1-3H3. The Kier molecular flexibility index (Phi) is 4.99. The Morgan fingerprint density at radius 2 is 1.00 bits per heavy atom. The van der Waals surface area contributed by atoms with Crippen LogP contribution in [0, 0.1) is 0 Å². The molecule has 0 radical (unpaired) electrons. The van der Waals surface area contributed by atoms with Crippen molar-refractivity contribution < 1.29 is 0 Å². The van der Waals surface area contributed by atoms with E-state index in [1.165, 1.54) is 16.7 Å². The summed E-state index contributed by atoms with van der Waals surface area (Å²) in [6.45, 7) is 6.47. The summed E-state index contributed by atoms with van der Waals surface area (Å²) >= 11 is 0. The van der Waals surface area contributed by atoms with Gasteiger partial charge in [-0.3, -0.25) is 9.97 Å². The fraction of sp³-hybridized carbons (Fsp3) is 0.286. The Morgan fingerprint density at radius 3 is 1.42 bits per heavy atom. The molecule has 3 heterocycles. The summed E-state index contributed by atoms with van der Waals surface area (Å²) in [5.74, 6) is 0. The van der Waals surface area contributed by atoms with Gasteiger partial charge in [0.1, 0.15) is 0 Å². The smallest absolute Gasteiger partial charge is 0.0897 e. The normalized spacial score (nSPS) is 10.8. The van der Waals surface area contributed by atoms with Crippen molar-refractivity contribution in [3.8, 4) is 22.8 Å². The quantitative estimate of drug-likeness (QED) is 0.672. The van der Waals surface area contributed by atoms with Gasteiger partial charge in [-0.2, -0.15) is 0 Å². The first-order chi connectivity index (χ1) is 11.7. The van der Waals surface area contributed by atoms with E-state index in [0.29, 0.717) is 0 Å². The molecular formula is C21H23N3. The van der Waals surface area contributed by atoms with E-state index in [-0.39, 0.29) is 0 Å². The van der Waals surface area contributed by atoms with Gasteiger partial charge in [-0.25, -0.2) is 4.98 Å². The summed E-state index contributed by atoms with van der Waals surface area (Å²) in [6, 6.07) is 12.6. The Bertz CT molecular complexity index is 774. The fourth-order valence-corrected chi connectivity index (χ4v) is 2.72. The van der Waals surface area contributed by atoms with Gasteiger partial charge < -0.3 is 0 Å². The zero-order valence-corrected chi connectivity index (χ0v) is 14.6. The van der Waals surface area contributed by atoms with Gasteiger partial charge >= 0.3 is 0 Å². The van der Waals surface area contributed by atoms with Crippen molar-refractivity contribution in [3.63, 3.8) is 0 Å². The van der Waals surface area contributed by atoms with Crippen LogP contribution in [0.3, 0.4) is 0 Å². The number of pyridine rings is 3. The minimum Gasteiger partial charge on any atom is -0.255 e. The highest BCUT2D eigenvalue weighted by atomic mass is 14.8. The van der Waals surface area contributed by atoms with Crippen molar-refractivity contribution >= 4 is 0 Å². The lowest BCUT2D eigenvalue weighted by Crippen LogP contribution is -1.96. The van der Waals surface area contributed by atoms with Crippen molar-refractivity contribution in [2.45, 2.75) is 40.0 Å². The molecule has 0 N–H and O–H groups in total. The number of nitrogens with zero attached hydrogens (tertiary/aromatic N) is 3. The summed E-state index contributed by atoms with van der Waals surface area (Å²) in [6.07, 6.45) is 6.68. The van der Waals surface area contributed by atoms with E-state index < -0.39 is 0 Å². The number of hydrogen-bond donors (Lipinski definition) is 0. The van der Waals surface area contributed by atoms with Gasteiger partial charge in [0.25, 0.3) is 0 Å². The highest BCUT2D eigenvalue weighted by molar-refractivity contribution is 5.64. The van der Waals surface area contributed by atoms with Gasteiger partial charge in [-0.15, -0.1) is 0 Å². The maximum Gasteiger partial charge on any atom is 0.0897 e. The van der Waals surface area contributed by atoms with Gasteiger partial charge in [0.2, 0.25) is 0 Å². The molecule has 0 saturated heterocycles. The highest BCUT2D eigenvalue weighted by Crippen LogP contribution is 2.24. The van der Waals surface area contributed by atoms with E-state index in [1.807, 2.05) is 12.4 Å². The Labute approximate surface area is 143 Å².